The fraction of sp³-hybridized carbons (Fsp3) is 0.375. The van der Waals surface area contributed by atoms with E-state index in [0.717, 1.165) is 11.3 Å². The number of hydrogen-bond donors (Lipinski definition) is 2. The van der Waals surface area contributed by atoms with Crippen LogP contribution < -0.4 is 5.32 Å². The lowest BCUT2D eigenvalue weighted by atomic mass is 10.0. The van der Waals surface area contributed by atoms with Crippen LogP contribution in [0.25, 0.3) is 0 Å². The number of furan rings is 1. The summed E-state index contributed by atoms with van der Waals surface area (Å²) in [5, 5.41) is 13.3. The van der Waals surface area contributed by atoms with E-state index in [1.165, 1.54) is 0 Å². The van der Waals surface area contributed by atoms with Gasteiger partial charge < -0.3 is 14.8 Å². The zero-order chi connectivity index (χ0) is 16.5. The van der Waals surface area contributed by atoms with Crippen LogP contribution in [0, 0.1) is 20.8 Å². The van der Waals surface area contributed by atoms with Crippen LogP contribution in [-0.4, -0.2) is 22.5 Å². The first-order valence-electron chi connectivity index (χ1n) is 6.92. The van der Waals surface area contributed by atoms with Crippen molar-refractivity contribution in [3.63, 3.8) is 0 Å². The lowest BCUT2D eigenvalue weighted by Crippen LogP contribution is -2.38. The number of nitrogens with one attached hydrogen (secondary N) is 1. The van der Waals surface area contributed by atoms with Crippen molar-refractivity contribution < 1.29 is 14.3 Å². The van der Waals surface area contributed by atoms with Gasteiger partial charge in [-0.25, -0.2) is 4.98 Å². The minimum Gasteiger partial charge on any atom is -0.463 e. The quantitative estimate of drug-likeness (QED) is 0.849. The maximum absolute atomic E-state index is 12.3. The van der Waals surface area contributed by atoms with Crippen molar-refractivity contribution >= 4 is 17.5 Å². The summed E-state index contributed by atoms with van der Waals surface area (Å²) in [5.41, 5.74) is 0.502. The fourth-order valence-electron chi connectivity index (χ4n) is 2.22. The van der Waals surface area contributed by atoms with E-state index in [1.807, 2.05) is 6.92 Å². The Kier molecular flexibility index (Phi) is 4.58. The molecule has 0 saturated carbocycles. The van der Waals surface area contributed by atoms with Gasteiger partial charge in [0.15, 0.2) is 0 Å². The molecule has 2 heterocycles. The van der Waals surface area contributed by atoms with E-state index >= 15 is 0 Å². The molecule has 22 heavy (non-hydrogen) atoms. The zero-order valence-corrected chi connectivity index (χ0v) is 13.8. The molecule has 0 spiro atoms. The third kappa shape index (κ3) is 3.48. The molecule has 2 aromatic heterocycles. The van der Waals surface area contributed by atoms with Crippen LogP contribution in [0.5, 0.6) is 0 Å². The van der Waals surface area contributed by atoms with Gasteiger partial charge >= 0.3 is 0 Å². The maximum atomic E-state index is 12.3. The third-order valence-electron chi connectivity index (χ3n) is 3.39. The molecule has 2 aromatic rings. The van der Waals surface area contributed by atoms with Gasteiger partial charge in [-0.15, -0.1) is 0 Å². The van der Waals surface area contributed by atoms with Gasteiger partial charge in [0.1, 0.15) is 22.3 Å². The smallest absolute Gasteiger partial charge is 0.254 e. The molecule has 0 bridgehead atoms. The van der Waals surface area contributed by atoms with Gasteiger partial charge in [0.05, 0.1) is 12.1 Å². The number of rotatable bonds is 4. The number of carbonyl (C=O) groups is 1. The number of nitrogens with zero attached hydrogens (tertiary/aromatic N) is 1. The molecule has 0 radical (unpaired) electrons. The minimum atomic E-state index is -1.30. The largest absolute Gasteiger partial charge is 0.463 e. The lowest BCUT2D eigenvalue weighted by molar-refractivity contribution is 0.0323. The second-order valence-electron chi connectivity index (χ2n) is 5.61. The predicted molar refractivity (Wildman–Crippen MR) is 84.1 cm³/mol. The number of hydrogen-bond acceptors (Lipinski definition) is 4. The van der Waals surface area contributed by atoms with Gasteiger partial charge in [0.25, 0.3) is 5.91 Å². The molecule has 2 rings (SSSR count). The van der Waals surface area contributed by atoms with Crippen molar-refractivity contribution in [3.8, 4) is 0 Å². The molecule has 5 nitrogen and oxygen atoms in total. The summed E-state index contributed by atoms with van der Waals surface area (Å²) < 4.78 is 5.41. The Balaban J connectivity index is 2.13. The molecule has 118 valence electrons. The van der Waals surface area contributed by atoms with Gasteiger partial charge in [0, 0.05) is 5.69 Å². The first-order chi connectivity index (χ1) is 10.2. The average molecular weight is 323 g/mol. The van der Waals surface area contributed by atoms with Gasteiger partial charge in [-0.3, -0.25) is 4.79 Å². The number of aryl methyl sites for hydroxylation is 3. The van der Waals surface area contributed by atoms with Crippen LogP contribution in [0.4, 0.5) is 0 Å². The Morgan fingerprint density at radius 1 is 1.41 bits per heavy atom. The molecule has 2 N–H and O–H groups in total. The van der Waals surface area contributed by atoms with Gasteiger partial charge in [-0.1, -0.05) is 11.6 Å². The summed E-state index contributed by atoms with van der Waals surface area (Å²) in [6.07, 6.45) is 0. The summed E-state index contributed by atoms with van der Waals surface area (Å²) in [6, 6.07) is 5.23. The highest BCUT2D eigenvalue weighted by atomic mass is 35.5. The van der Waals surface area contributed by atoms with E-state index in [9.17, 15) is 9.90 Å². The molecule has 0 aliphatic rings. The lowest BCUT2D eigenvalue weighted by Gasteiger charge is -2.21. The van der Waals surface area contributed by atoms with Crippen LogP contribution in [0.1, 0.15) is 40.1 Å². The molecule has 0 aromatic carbocycles. The molecule has 1 atom stereocenters. The molecular formula is C16H19ClN2O3. The molecular weight excluding hydrogens is 304 g/mol. The SMILES string of the molecule is Cc1cc(C)c(C(=O)NCC(C)(O)c2ccc(C)o2)c(Cl)n1. The van der Waals surface area contributed by atoms with Crippen LogP contribution >= 0.6 is 11.6 Å². The molecule has 6 heteroatoms. The van der Waals surface area contributed by atoms with Crippen molar-refractivity contribution in [2.45, 2.75) is 33.3 Å². The van der Waals surface area contributed by atoms with Crippen LogP contribution in [0.3, 0.4) is 0 Å². The minimum absolute atomic E-state index is 0.00241. The first kappa shape index (κ1) is 16.5. The Labute approximate surface area is 134 Å². The van der Waals surface area contributed by atoms with E-state index in [1.54, 1.807) is 39.0 Å². The molecule has 1 unspecified atom stereocenters. The van der Waals surface area contributed by atoms with E-state index < -0.39 is 5.60 Å². The van der Waals surface area contributed by atoms with Crippen molar-refractivity contribution in [2.24, 2.45) is 0 Å². The van der Waals surface area contributed by atoms with Crippen molar-refractivity contribution in [1.82, 2.24) is 10.3 Å². The Bertz CT molecular complexity index is 684. The maximum Gasteiger partial charge on any atom is 0.254 e. The highest BCUT2D eigenvalue weighted by Gasteiger charge is 2.28. The number of aromatic nitrogens is 1. The highest BCUT2D eigenvalue weighted by molar-refractivity contribution is 6.32. The number of amides is 1. The molecule has 0 fully saturated rings. The van der Waals surface area contributed by atoms with Crippen molar-refractivity contribution in [1.29, 1.82) is 0 Å². The molecule has 0 aliphatic heterocycles. The van der Waals surface area contributed by atoms with E-state index in [0.29, 0.717) is 17.1 Å². The van der Waals surface area contributed by atoms with Gasteiger partial charge in [0.2, 0.25) is 0 Å². The van der Waals surface area contributed by atoms with E-state index in [2.05, 4.69) is 10.3 Å². The monoisotopic (exact) mass is 322 g/mol. The Morgan fingerprint density at radius 3 is 2.64 bits per heavy atom. The predicted octanol–water partition coefficient (Wildman–Crippen LogP) is 2.89. The number of halogens is 1. The average Bonchev–Trinajstić information content (AvgIpc) is 2.83. The standard InChI is InChI=1S/C16H19ClN2O3/c1-9-7-10(2)19-14(17)13(9)15(20)18-8-16(4,21)12-6-5-11(3)22-12/h5-7,21H,8H2,1-4H3,(H,18,20). The summed E-state index contributed by atoms with van der Waals surface area (Å²) in [5.74, 6) is 0.719. The molecule has 0 aliphatic carbocycles. The second-order valence-corrected chi connectivity index (χ2v) is 5.97. The van der Waals surface area contributed by atoms with E-state index in [-0.39, 0.29) is 17.6 Å². The van der Waals surface area contributed by atoms with Crippen LogP contribution in [0.15, 0.2) is 22.6 Å². The van der Waals surface area contributed by atoms with Crippen LogP contribution in [0.2, 0.25) is 5.15 Å². The second kappa shape index (κ2) is 6.10. The molecule has 1 amide bonds. The Morgan fingerprint density at radius 2 is 2.09 bits per heavy atom. The third-order valence-corrected chi connectivity index (χ3v) is 3.67. The van der Waals surface area contributed by atoms with Crippen molar-refractivity contribution in [2.75, 3.05) is 6.54 Å². The number of carbonyl (C=O) groups excluding carboxylic acids is 1. The first-order valence-corrected chi connectivity index (χ1v) is 7.30. The highest BCUT2D eigenvalue weighted by Crippen LogP contribution is 2.23. The summed E-state index contributed by atoms with van der Waals surface area (Å²) >= 11 is 6.05. The van der Waals surface area contributed by atoms with Gasteiger partial charge in [-0.2, -0.15) is 0 Å². The molecule has 0 saturated heterocycles. The normalized spacial score (nSPS) is 13.7. The van der Waals surface area contributed by atoms with Crippen molar-refractivity contribution in [3.05, 3.63) is 51.7 Å². The summed E-state index contributed by atoms with van der Waals surface area (Å²) in [4.78, 5) is 16.4. The number of pyridine rings is 1. The fourth-order valence-corrected chi connectivity index (χ4v) is 2.58. The van der Waals surface area contributed by atoms with Crippen LogP contribution in [-0.2, 0) is 5.60 Å². The Hall–Kier alpha value is -1.85. The summed E-state index contributed by atoms with van der Waals surface area (Å²) in [6.45, 7) is 6.98. The number of aliphatic hydroxyl groups is 1. The zero-order valence-electron chi connectivity index (χ0n) is 13.0. The topological polar surface area (TPSA) is 75.4 Å². The van der Waals surface area contributed by atoms with Gasteiger partial charge in [-0.05, 0) is 51.5 Å². The van der Waals surface area contributed by atoms with E-state index in [4.69, 9.17) is 16.0 Å². The summed E-state index contributed by atoms with van der Waals surface area (Å²) in [7, 11) is 0.